The molecular weight excluding hydrogens is 256 g/mol. The van der Waals surface area contributed by atoms with E-state index >= 15 is 0 Å². The van der Waals surface area contributed by atoms with Crippen LogP contribution >= 0.6 is 0 Å². The molecule has 110 valence electrons. The molecular formula is C15H28O3Si. The normalized spacial score (nSPS) is 12.5. The Bertz CT molecular complexity index is 310. The lowest BCUT2D eigenvalue weighted by Crippen LogP contribution is -2.21. The van der Waals surface area contributed by atoms with E-state index in [-0.39, 0.29) is 0 Å². The molecule has 0 aromatic heterocycles. The minimum absolute atomic E-state index is 0.502. The third-order valence-electron chi connectivity index (χ3n) is 2.72. The number of rotatable bonds is 8. The maximum Gasteiger partial charge on any atom is 0.334 e. The summed E-state index contributed by atoms with van der Waals surface area (Å²) < 4.78 is 4.46. The lowest BCUT2D eigenvalue weighted by molar-refractivity contribution is -0.150. The van der Waals surface area contributed by atoms with E-state index in [0.29, 0.717) is 6.42 Å². The fourth-order valence-corrected chi connectivity index (χ4v) is 2.32. The Hall–Kier alpha value is -0.793. The summed E-state index contributed by atoms with van der Waals surface area (Å²) in [6.45, 7) is 6.77. The van der Waals surface area contributed by atoms with Crippen molar-refractivity contribution in [2.45, 2.75) is 70.7 Å². The van der Waals surface area contributed by atoms with Crippen LogP contribution in [0.1, 0.15) is 44.9 Å². The first-order valence-electron chi connectivity index (χ1n) is 7.13. The number of esters is 1. The molecule has 0 radical (unpaired) electrons. The monoisotopic (exact) mass is 284 g/mol. The van der Waals surface area contributed by atoms with Gasteiger partial charge in [0, 0.05) is 6.42 Å². The molecule has 1 atom stereocenters. The molecule has 4 heteroatoms. The zero-order chi connectivity index (χ0) is 14.7. The Balaban J connectivity index is 3.41. The second-order valence-corrected chi connectivity index (χ2v) is 10.6. The summed E-state index contributed by atoms with van der Waals surface area (Å²) in [4.78, 5) is 10.9. The molecule has 0 aliphatic heterocycles. The number of aliphatic hydroxyl groups excluding tert-OH is 1. The maximum absolute atomic E-state index is 10.9. The molecule has 0 fully saturated rings. The predicted octanol–water partition coefficient (Wildman–Crippen LogP) is 3.13. The van der Waals surface area contributed by atoms with Crippen molar-refractivity contribution in [1.29, 1.82) is 0 Å². The van der Waals surface area contributed by atoms with Crippen LogP contribution in [0.25, 0.3) is 0 Å². The lowest BCUT2D eigenvalue weighted by atomic mass is 10.1. The van der Waals surface area contributed by atoms with Gasteiger partial charge in [0.25, 0.3) is 0 Å². The SMILES string of the molecule is COC(=O)C(O)CCCCCCCC#C[Si](C)(C)C. The number of ether oxygens (including phenoxy) is 1. The van der Waals surface area contributed by atoms with Gasteiger partial charge in [0.2, 0.25) is 0 Å². The van der Waals surface area contributed by atoms with Crippen molar-refractivity contribution < 1.29 is 14.6 Å². The molecule has 0 saturated carbocycles. The second-order valence-electron chi connectivity index (χ2n) is 5.90. The minimum Gasteiger partial charge on any atom is -0.467 e. The van der Waals surface area contributed by atoms with Gasteiger partial charge in [-0.05, 0) is 12.8 Å². The summed E-state index contributed by atoms with van der Waals surface area (Å²) in [6.07, 6.45) is 5.94. The zero-order valence-corrected chi connectivity index (χ0v) is 13.8. The summed E-state index contributed by atoms with van der Waals surface area (Å²) >= 11 is 0. The standard InChI is InChI=1S/C15H28O3Si/c1-18-15(17)14(16)12-10-8-6-5-7-9-11-13-19(2,3)4/h14,16H,5-10,12H2,1-4H3. The molecule has 0 saturated heterocycles. The Morgan fingerprint density at radius 1 is 1.16 bits per heavy atom. The second kappa shape index (κ2) is 10.0. The van der Waals surface area contributed by atoms with Gasteiger partial charge in [-0.15, -0.1) is 11.5 Å². The van der Waals surface area contributed by atoms with Gasteiger partial charge in [-0.25, -0.2) is 4.79 Å². The van der Waals surface area contributed by atoms with Gasteiger partial charge in [0.1, 0.15) is 8.07 Å². The van der Waals surface area contributed by atoms with E-state index < -0.39 is 20.1 Å². The number of carbonyl (C=O) groups excluding carboxylic acids is 1. The molecule has 0 amide bonds. The van der Waals surface area contributed by atoms with Crippen molar-refractivity contribution in [2.24, 2.45) is 0 Å². The Morgan fingerprint density at radius 2 is 1.74 bits per heavy atom. The molecule has 0 aromatic carbocycles. The van der Waals surface area contributed by atoms with Crippen molar-refractivity contribution in [3.8, 4) is 11.5 Å². The Labute approximate surface area is 118 Å². The fraction of sp³-hybridized carbons (Fsp3) is 0.800. The predicted molar refractivity (Wildman–Crippen MR) is 81.5 cm³/mol. The summed E-state index contributed by atoms with van der Waals surface area (Å²) in [5.74, 6) is 2.74. The van der Waals surface area contributed by atoms with Crippen LogP contribution in [0.15, 0.2) is 0 Å². The van der Waals surface area contributed by atoms with Crippen molar-refractivity contribution in [1.82, 2.24) is 0 Å². The molecule has 1 N–H and O–H groups in total. The van der Waals surface area contributed by atoms with Crippen molar-refractivity contribution >= 4 is 14.0 Å². The van der Waals surface area contributed by atoms with Gasteiger partial charge in [-0.3, -0.25) is 0 Å². The highest BCUT2D eigenvalue weighted by Crippen LogP contribution is 2.09. The van der Waals surface area contributed by atoms with Crippen LogP contribution in [0.5, 0.6) is 0 Å². The molecule has 0 rings (SSSR count). The minimum atomic E-state index is -1.20. The molecule has 0 heterocycles. The molecule has 0 bridgehead atoms. The molecule has 1 unspecified atom stereocenters. The van der Waals surface area contributed by atoms with E-state index in [9.17, 15) is 9.90 Å². The summed E-state index contributed by atoms with van der Waals surface area (Å²) in [5, 5.41) is 9.38. The van der Waals surface area contributed by atoms with Crippen LogP contribution in [0, 0.1) is 11.5 Å². The largest absolute Gasteiger partial charge is 0.467 e. The molecule has 3 nitrogen and oxygen atoms in total. The first-order valence-corrected chi connectivity index (χ1v) is 10.6. The number of aliphatic hydroxyl groups is 1. The average Bonchev–Trinajstić information content (AvgIpc) is 2.34. The molecule has 0 aromatic rings. The lowest BCUT2D eigenvalue weighted by Gasteiger charge is -2.07. The van der Waals surface area contributed by atoms with E-state index in [1.807, 2.05) is 0 Å². The van der Waals surface area contributed by atoms with Gasteiger partial charge in [0.05, 0.1) is 7.11 Å². The number of methoxy groups -OCH3 is 1. The van der Waals surface area contributed by atoms with Crippen molar-refractivity contribution in [3.05, 3.63) is 0 Å². The molecule has 19 heavy (non-hydrogen) atoms. The number of hydrogen-bond donors (Lipinski definition) is 1. The van der Waals surface area contributed by atoms with Gasteiger partial charge >= 0.3 is 5.97 Å². The average molecular weight is 284 g/mol. The first kappa shape index (κ1) is 18.2. The summed E-state index contributed by atoms with van der Waals surface area (Å²) in [6, 6.07) is 0. The van der Waals surface area contributed by atoms with E-state index in [1.165, 1.54) is 13.5 Å². The highest BCUT2D eigenvalue weighted by Gasteiger charge is 2.13. The van der Waals surface area contributed by atoms with E-state index in [2.05, 4.69) is 35.8 Å². The van der Waals surface area contributed by atoms with Crippen molar-refractivity contribution in [2.75, 3.05) is 7.11 Å². The Kier molecular flexibility index (Phi) is 9.63. The van der Waals surface area contributed by atoms with Crippen LogP contribution in [0.2, 0.25) is 19.6 Å². The van der Waals surface area contributed by atoms with Gasteiger partial charge in [0.15, 0.2) is 6.10 Å². The summed E-state index contributed by atoms with van der Waals surface area (Å²) in [7, 11) is 0.100. The zero-order valence-electron chi connectivity index (χ0n) is 12.8. The van der Waals surface area contributed by atoms with Crippen LogP contribution < -0.4 is 0 Å². The first-order chi connectivity index (χ1) is 8.87. The summed E-state index contributed by atoms with van der Waals surface area (Å²) in [5.41, 5.74) is 3.36. The van der Waals surface area contributed by atoms with Crippen LogP contribution in [0.4, 0.5) is 0 Å². The highest BCUT2D eigenvalue weighted by molar-refractivity contribution is 6.83. The van der Waals surface area contributed by atoms with Crippen LogP contribution in [0.3, 0.4) is 0 Å². The molecule has 0 aliphatic carbocycles. The van der Waals surface area contributed by atoms with Crippen molar-refractivity contribution in [3.63, 3.8) is 0 Å². The van der Waals surface area contributed by atoms with Gasteiger partial charge in [-0.1, -0.05) is 45.3 Å². The van der Waals surface area contributed by atoms with Crippen LogP contribution in [-0.2, 0) is 9.53 Å². The number of carbonyl (C=O) groups is 1. The topological polar surface area (TPSA) is 46.5 Å². The van der Waals surface area contributed by atoms with E-state index in [1.54, 1.807) is 0 Å². The fourth-order valence-electron chi connectivity index (χ4n) is 1.66. The smallest absolute Gasteiger partial charge is 0.334 e. The highest BCUT2D eigenvalue weighted by atomic mass is 28.3. The number of unbranched alkanes of at least 4 members (excludes halogenated alkanes) is 5. The van der Waals surface area contributed by atoms with Gasteiger partial charge in [-0.2, -0.15) is 0 Å². The van der Waals surface area contributed by atoms with Crippen LogP contribution in [-0.4, -0.2) is 32.4 Å². The Morgan fingerprint density at radius 3 is 2.32 bits per heavy atom. The molecule has 0 spiro atoms. The third kappa shape index (κ3) is 12.0. The quantitative estimate of drug-likeness (QED) is 0.322. The van der Waals surface area contributed by atoms with E-state index in [0.717, 1.165) is 32.1 Å². The molecule has 0 aliphatic rings. The van der Waals surface area contributed by atoms with Gasteiger partial charge < -0.3 is 9.84 Å². The van der Waals surface area contributed by atoms with E-state index in [4.69, 9.17) is 0 Å². The third-order valence-corrected chi connectivity index (χ3v) is 3.64. The number of hydrogen-bond acceptors (Lipinski definition) is 3. The maximum atomic E-state index is 10.9.